The molecule has 1 N–H and O–H groups in total. The molecule has 1 unspecified atom stereocenters. The Morgan fingerprint density at radius 2 is 1.79 bits per heavy atom. The van der Waals surface area contributed by atoms with Crippen molar-refractivity contribution >= 4 is 0 Å². The van der Waals surface area contributed by atoms with Gasteiger partial charge in [0.1, 0.15) is 0 Å². The molecule has 0 radical (unpaired) electrons. The van der Waals surface area contributed by atoms with Gasteiger partial charge >= 0.3 is 0 Å². The molecule has 0 heterocycles. The highest BCUT2D eigenvalue weighted by atomic mass is 16.5. The first-order valence-electron chi connectivity index (χ1n) is 8.38. The van der Waals surface area contributed by atoms with Crippen LogP contribution in [-0.2, 0) is 4.74 Å². The normalized spacial score (nSPS) is 14.8. The summed E-state index contributed by atoms with van der Waals surface area (Å²) < 4.78 is 5.81. The average Bonchev–Trinajstić information content (AvgIpc) is 2.40. The number of ether oxygens (including phenoxy) is 1. The quantitative estimate of drug-likeness (QED) is 0.493. The van der Waals surface area contributed by atoms with E-state index >= 15 is 0 Å². The summed E-state index contributed by atoms with van der Waals surface area (Å²) in [6.07, 6.45) is 7.65. The summed E-state index contributed by atoms with van der Waals surface area (Å²) in [6.45, 7) is 15.4. The number of nitrogens with one attached hydrogen (secondary N) is 1. The summed E-state index contributed by atoms with van der Waals surface area (Å²) in [6, 6.07) is 0. The molecule has 0 bridgehead atoms. The van der Waals surface area contributed by atoms with Gasteiger partial charge in [0, 0.05) is 19.8 Å². The Labute approximate surface area is 121 Å². The predicted molar refractivity (Wildman–Crippen MR) is 85.7 cm³/mol. The molecule has 0 aliphatic rings. The van der Waals surface area contributed by atoms with Gasteiger partial charge in [-0.2, -0.15) is 0 Å². The molecule has 0 spiro atoms. The van der Waals surface area contributed by atoms with Gasteiger partial charge in [0.15, 0.2) is 0 Å². The van der Waals surface area contributed by atoms with Gasteiger partial charge < -0.3 is 10.1 Å². The van der Waals surface area contributed by atoms with E-state index in [9.17, 15) is 0 Å². The van der Waals surface area contributed by atoms with Gasteiger partial charge in [0.25, 0.3) is 0 Å². The Morgan fingerprint density at radius 3 is 2.32 bits per heavy atom. The third-order valence-corrected chi connectivity index (χ3v) is 3.97. The van der Waals surface area contributed by atoms with Crippen LogP contribution in [-0.4, -0.2) is 26.3 Å². The number of unbranched alkanes of at least 4 members (excludes halogenated alkanes) is 1. The van der Waals surface area contributed by atoms with Crippen LogP contribution >= 0.6 is 0 Å². The van der Waals surface area contributed by atoms with Crippen LogP contribution in [0.1, 0.15) is 73.1 Å². The van der Waals surface area contributed by atoms with Gasteiger partial charge in [-0.3, -0.25) is 0 Å². The van der Waals surface area contributed by atoms with Crippen molar-refractivity contribution in [3.05, 3.63) is 0 Å². The van der Waals surface area contributed by atoms with Crippen molar-refractivity contribution < 1.29 is 4.74 Å². The zero-order valence-electron chi connectivity index (χ0n) is 14.1. The van der Waals surface area contributed by atoms with Gasteiger partial charge in [-0.1, -0.05) is 47.5 Å². The Kier molecular flexibility index (Phi) is 11.7. The molecule has 0 aromatic carbocycles. The second kappa shape index (κ2) is 11.7. The van der Waals surface area contributed by atoms with Crippen LogP contribution < -0.4 is 5.32 Å². The Bertz CT molecular complexity index is 194. The van der Waals surface area contributed by atoms with Gasteiger partial charge in [-0.25, -0.2) is 0 Å². The summed E-state index contributed by atoms with van der Waals surface area (Å²) in [5.41, 5.74) is 0.447. The molecule has 19 heavy (non-hydrogen) atoms. The Hall–Kier alpha value is -0.0800. The van der Waals surface area contributed by atoms with Crippen molar-refractivity contribution in [2.24, 2.45) is 11.3 Å². The van der Waals surface area contributed by atoms with Crippen molar-refractivity contribution in [2.45, 2.75) is 73.1 Å². The third kappa shape index (κ3) is 9.45. The predicted octanol–water partition coefficient (Wildman–Crippen LogP) is 4.64. The highest BCUT2D eigenvalue weighted by Crippen LogP contribution is 2.32. The van der Waals surface area contributed by atoms with E-state index in [1.54, 1.807) is 0 Å². The maximum atomic E-state index is 5.81. The van der Waals surface area contributed by atoms with E-state index in [1.165, 1.54) is 38.5 Å². The molecule has 0 saturated heterocycles. The topological polar surface area (TPSA) is 21.3 Å². The lowest BCUT2D eigenvalue weighted by molar-refractivity contribution is 0.0696. The molecule has 0 saturated carbocycles. The summed E-state index contributed by atoms with van der Waals surface area (Å²) >= 11 is 0. The third-order valence-electron chi connectivity index (χ3n) is 3.97. The molecule has 0 aromatic rings. The highest BCUT2D eigenvalue weighted by molar-refractivity contribution is 4.80. The lowest BCUT2D eigenvalue weighted by atomic mass is 9.77. The fraction of sp³-hybridized carbons (Fsp3) is 1.00. The second-order valence-electron chi connectivity index (χ2n) is 6.35. The number of hydrogen-bond donors (Lipinski definition) is 1. The van der Waals surface area contributed by atoms with E-state index in [-0.39, 0.29) is 0 Å². The average molecular weight is 271 g/mol. The van der Waals surface area contributed by atoms with Gasteiger partial charge in [0.05, 0.1) is 0 Å². The van der Waals surface area contributed by atoms with Crippen molar-refractivity contribution in [3.63, 3.8) is 0 Å². The van der Waals surface area contributed by atoms with E-state index < -0.39 is 0 Å². The summed E-state index contributed by atoms with van der Waals surface area (Å²) in [4.78, 5) is 0. The van der Waals surface area contributed by atoms with Crippen LogP contribution in [0.25, 0.3) is 0 Å². The van der Waals surface area contributed by atoms with E-state index in [4.69, 9.17) is 4.74 Å². The first-order valence-corrected chi connectivity index (χ1v) is 8.38. The van der Waals surface area contributed by atoms with Crippen LogP contribution in [0, 0.1) is 11.3 Å². The summed E-state index contributed by atoms with van der Waals surface area (Å²) in [5, 5.41) is 3.63. The highest BCUT2D eigenvalue weighted by Gasteiger charge is 2.26. The minimum atomic E-state index is 0.447. The number of rotatable bonds is 13. The first kappa shape index (κ1) is 18.9. The zero-order valence-corrected chi connectivity index (χ0v) is 14.1. The minimum absolute atomic E-state index is 0.447. The summed E-state index contributed by atoms with van der Waals surface area (Å²) in [5.74, 6) is 0.643. The SMILES string of the molecule is CCCCC(CC)(CCOCC(C)C)CNCCC. The standard InChI is InChI=1S/C17H37NO/c1-6-9-10-17(8-3,15-18-12-7-2)11-13-19-14-16(4)5/h16,18H,6-15H2,1-5H3. The molecule has 0 aromatic heterocycles. The van der Waals surface area contributed by atoms with Crippen LogP contribution in [0.3, 0.4) is 0 Å². The van der Waals surface area contributed by atoms with E-state index in [2.05, 4.69) is 39.9 Å². The monoisotopic (exact) mass is 271 g/mol. The van der Waals surface area contributed by atoms with Crippen molar-refractivity contribution in [3.8, 4) is 0 Å². The first-order chi connectivity index (χ1) is 9.10. The van der Waals surface area contributed by atoms with Gasteiger partial charge in [-0.15, -0.1) is 0 Å². The van der Waals surface area contributed by atoms with Crippen molar-refractivity contribution in [2.75, 3.05) is 26.3 Å². The lowest BCUT2D eigenvalue weighted by Gasteiger charge is -2.33. The molecule has 0 aliphatic carbocycles. The Balaban J connectivity index is 4.19. The molecular weight excluding hydrogens is 234 g/mol. The molecule has 1 atom stereocenters. The molecule has 116 valence electrons. The van der Waals surface area contributed by atoms with Crippen molar-refractivity contribution in [1.29, 1.82) is 0 Å². The van der Waals surface area contributed by atoms with Crippen LogP contribution in [0.2, 0.25) is 0 Å². The number of hydrogen-bond acceptors (Lipinski definition) is 2. The summed E-state index contributed by atoms with van der Waals surface area (Å²) in [7, 11) is 0. The van der Waals surface area contributed by atoms with Crippen LogP contribution in [0.15, 0.2) is 0 Å². The van der Waals surface area contributed by atoms with Gasteiger partial charge in [0.2, 0.25) is 0 Å². The molecule has 0 aliphatic heterocycles. The second-order valence-corrected chi connectivity index (χ2v) is 6.35. The van der Waals surface area contributed by atoms with Gasteiger partial charge in [-0.05, 0) is 43.6 Å². The largest absolute Gasteiger partial charge is 0.381 e. The molecule has 0 fully saturated rings. The fourth-order valence-electron chi connectivity index (χ4n) is 2.47. The molecular formula is C17H37NO. The molecule has 2 nitrogen and oxygen atoms in total. The maximum Gasteiger partial charge on any atom is 0.0488 e. The maximum absolute atomic E-state index is 5.81. The molecule has 2 heteroatoms. The van der Waals surface area contributed by atoms with E-state index in [0.29, 0.717) is 11.3 Å². The molecule has 0 rings (SSSR count). The zero-order chi connectivity index (χ0) is 14.6. The smallest absolute Gasteiger partial charge is 0.0488 e. The Morgan fingerprint density at radius 1 is 1.05 bits per heavy atom. The fourth-order valence-corrected chi connectivity index (χ4v) is 2.47. The van der Waals surface area contributed by atoms with Crippen LogP contribution in [0.4, 0.5) is 0 Å². The van der Waals surface area contributed by atoms with E-state index in [1.807, 2.05) is 0 Å². The van der Waals surface area contributed by atoms with E-state index in [0.717, 1.165) is 26.3 Å². The lowest BCUT2D eigenvalue weighted by Crippen LogP contribution is -2.35. The van der Waals surface area contributed by atoms with Crippen LogP contribution in [0.5, 0.6) is 0 Å². The molecule has 0 amide bonds. The minimum Gasteiger partial charge on any atom is -0.381 e. The van der Waals surface area contributed by atoms with Crippen molar-refractivity contribution in [1.82, 2.24) is 5.32 Å².